The van der Waals surface area contributed by atoms with Gasteiger partial charge in [0.15, 0.2) is 0 Å². The number of aryl methyl sites for hydroxylation is 1. The Balaban J connectivity index is 1.61. The first-order valence-corrected chi connectivity index (χ1v) is 8.94. The maximum absolute atomic E-state index is 12.6. The van der Waals surface area contributed by atoms with Crippen molar-refractivity contribution in [3.8, 4) is 0 Å². The van der Waals surface area contributed by atoms with Crippen LogP contribution in [0.1, 0.15) is 44.6 Å². The molecule has 2 aliphatic rings. The lowest BCUT2D eigenvalue weighted by atomic mass is 9.74. The third-order valence-electron chi connectivity index (χ3n) is 5.40. The molecule has 1 aromatic rings. The van der Waals surface area contributed by atoms with Crippen molar-refractivity contribution >= 4 is 17.5 Å². The summed E-state index contributed by atoms with van der Waals surface area (Å²) in [4.78, 5) is 26.9. The van der Waals surface area contributed by atoms with Crippen LogP contribution in [-0.4, -0.2) is 30.4 Å². The van der Waals surface area contributed by atoms with Gasteiger partial charge in [-0.2, -0.15) is 0 Å². The van der Waals surface area contributed by atoms with Gasteiger partial charge in [0, 0.05) is 17.8 Å². The third-order valence-corrected chi connectivity index (χ3v) is 5.40. The number of fused-ring (bicyclic) bond motifs is 1. The number of anilines is 1. The highest BCUT2D eigenvalue weighted by Crippen LogP contribution is 2.31. The predicted octanol–water partition coefficient (Wildman–Crippen LogP) is 1.99. The molecule has 3 N–H and O–H groups in total. The first kappa shape index (κ1) is 17.0. The van der Waals surface area contributed by atoms with Crippen LogP contribution in [0.2, 0.25) is 0 Å². The van der Waals surface area contributed by atoms with Crippen molar-refractivity contribution in [2.45, 2.75) is 51.0 Å². The van der Waals surface area contributed by atoms with E-state index in [-0.39, 0.29) is 24.3 Å². The maximum Gasteiger partial charge on any atom is 0.246 e. The molecular weight excluding hydrogens is 302 g/mol. The van der Waals surface area contributed by atoms with Gasteiger partial charge < -0.3 is 16.0 Å². The highest BCUT2D eigenvalue weighted by Gasteiger charge is 2.38. The number of benzene rings is 1. The molecular formula is C19H27N3O2. The van der Waals surface area contributed by atoms with Crippen molar-refractivity contribution in [2.24, 2.45) is 11.7 Å². The Kier molecular flexibility index (Phi) is 4.90. The lowest BCUT2D eigenvalue weighted by Crippen LogP contribution is -2.54. The molecule has 5 nitrogen and oxygen atoms in total. The van der Waals surface area contributed by atoms with Gasteiger partial charge in [-0.05, 0) is 44.2 Å². The van der Waals surface area contributed by atoms with Crippen LogP contribution in [-0.2, 0) is 16.0 Å². The van der Waals surface area contributed by atoms with Gasteiger partial charge in [0.1, 0.15) is 0 Å². The molecule has 5 heteroatoms. The molecule has 0 spiro atoms. The highest BCUT2D eigenvalue weighted by atomic mass is 16.2. The van der Waals surface area contributed by atoms with Crippen molar-refractivity contribution in [1.29, 1.82) is 0 Å². The van der Waals surface area contributed by atoms with E-state index in [1.165, 1.54) is 5.56 Å². The molecule has 1 aliphatic heterocycles. The summed E-state index contributed by atoms with van der Waals surface area (Å²) in [5.74, 6) is -0.337. The Hall–Kier alpha value is -1.88. The van der Waals surface area contributed by atoms with E-state index in [9.17, 15) is 9.59 Å². The van der Waals surface area contributed by atoms with E-state index in [1.807, 2.05) is 25.1 Å². The zero-order valence-corrected chi connectivity index (χ0v) is 14.4. The molecule has 1 heterocycles. The number of para-hydroxylation sites is 1. The number of hydrogen-bond donors (Lipinski definition) is 2. The monoisotopic (exact) mass is 329 g/mol. The quantitative estimate of drug-likeness (QED) is 0.890. The number of nitrogens with two attached hydrogens (primary N) is 1. The van der Waals surface area contributed by atoms with Gasteiger partial charge in [-0.3, -0.25) is 9.59 Å². The zero-order valence-electron chi connectivity index (χ0n) is 14.4. The molecule has 0 bridgehead atoms. The topological polar surface area (TPSA) is 75.4 Å². The molecule has 24 heavy (non-hydrogen) atoms. The minimum atomic E-state index is -0.469. The average Bonchev–Trinajstić information content (AvgIpc) is 2.58. The zero-order chi connectivity index (χ0) is 17.2. The molecule has 130 valence electrons. The van der Waals surface area contributed by atoms with Crippen LogP contribution in [0.15, 0.2) is 24.3 Å². The SMILES string of the molecule is CC1(N)CCCCC1C(=O)NCC(=O)N1CCCc2ccccc21. The van der Waals surface area contributed by atoms with E-state index in [1.54, 1.807) is 4.90 Å². The van der Waals surface area contributed by atoms with Crippen LogP contribution >= 0.6 is 0 Å². The summed E-state index contributed by atoms with van der Waals surface area (Å²) in [5.41, 5.74) is 7.99. The van der Waals surface area contributed by atoms with E-state index in [4.69, 9.17) is 5.73 Å². The van der Waals surface area contributed by atoms with E-state index in [0.29, 0.717) is 6.54 Å². The summed E-state index contributed by atoms with van der Waals surface area (Å²) < 4.78 is 0. The Morgan fingerprint density at radius 2 is 2.08 bits per heavy atom. The molecule has 2 atom stereocenters. The van der Waals surface area contributed by atoms with Gasteiger partial charge in [-0.1, -0.05) is 31.0 Å². The van der Waals surface area contributed by atoms with Gasteiger partial charge in [0.25, 0.3) is 0 Å². The van der Waals surface area contributed by atoms with Crippen molar-refractivity contribution in [3.05, 3.63) is 29.8 Å². The molecule has 0 aromatic heterocycles. The second kappa shape index (κ2) is 6.93. The van der Waals surface area contributed by atoms with Crippen LogP contribution in [0.25, 0.3) is 0 Å². The summed E-state index contributed by atoms with van der Waals surface area (Å²) in [6.07, 6.45) is 5.72. The van der Waals surface area contributed by atoms with E-state index >= 15 is 0 Å². The largest absolute Gasteiger partial charge is 0.347 e. The molecule has 1 saturated carbocycles. The molecule has 1 aliphatic carbocycles. The Bertz CT molecular complexity index is 627. The van der Waals surface area contributed by atoms with Gasteiger partial charge in [0.05, 0.1) is 12.5 Å². The number of carbonyl (C=O) groups is 2. The molecule has 2 amide bonds. The summed E-state index contributed by atoms with van der Waals surface area (Å²) >= 11 is 0. The summed E-state index contributed by atoms with van der Waals surface area (Å²) in [6.45, 7) is 2.70. The molecule has 0 saturated heterocycles. The minimum absolute atomic E-state index is 0.0414. The summed E-state index contributed by atoms with van der Waals surface area (Å²) in [7, 11) is 0. The molecule has 1 fully saturated rings. The number of rotatable bonds is 3. The van der Waals surface area contributed by atoms with E-state index in [0.717, 1.165) is 44.2 Å². The minimum Gasteiger partial charge on any atom is -0.347 e. The van der Waals surface area contributed by atoms with Gasteiger partial charge in [-0.15, -0.1) is 0 Å². The number of nitrogens with one attached hydrogen (secondary N) is 1. The van der Waals surface area contributed by atoms with Crippen molar-refractivity contribution in [2.75, 3.05) is 18.0 Å². The van der Waals surface area contributed by atoms with Gasteiger partial charge >= 0.3 is 0 Å². The standard InChI is InChI=1S/C19H27N3O2/c1-19(20)11-5-4-9-15(19)18(24)21-13-17(23)22-12-6-8-14-7-2-3-10-16(14)22/h2-3,7,10,15H,4-6,8-9,11-13,20H2,1H3,(H,21,24). The molecule has 3 rings (SSSR count). The highest BCUT2D eigenvalue weighted by molar-refractivity contribution is 5.98. The second-order valence-electron chi connectivity index (χ2n) is 7.30. The Morgan fingerprint density at radius 3 is 2.88 bits per heavy atom. The summed E-state index contributed by atoms with van der Waals surface area (Å²) in [5, 5.41) is 2.83. The van der Waals surface area contributed by atoms with Crippen LogP contribution in [0.4, 0.5) is 5.69 Å². The first-order valence-electron chi connectivity index (χ1n) is 8.94. The number of hydrogen-bond acceptors (Lipinski definition) is 3. The number of carbonyl (C=O) groups excluding carboxylic acids is 2. The van der Waals surface area contributed by atoms with Crippen molar-refractivity contribution < 1.29 is 9.59 Å². The van der Waals surface area contributed by atoms with E-state index < -0.39 is 5.54 Å². The third kappa shape index (κ3) is 3.46. The van der Waals surface area contributed by atoms with Crippen molar-refractivity contribution in [1.82, 2.24) is 5.32 Å². The van der Waals surface area contributed by atoms with E-state index in [2.05, 4.69) is 11.4 Å². The summed E-state index contributed by atoms with van der Waals surface area (Å²) in [6, 6.07) is 7.99. The normalized spacial score (nSPS) is 26.6. The fourth-order valence-electron chi connectivity index (χ4n) is 3.96. The molecule has 0 radical (unpaired) electrons. The molecule has 2 unspecified atom stereocenters. The maximum atomic E-state index is 12.6. The number of amides is 2. The average molecular weight is 329 g/mol. The van der Waals surface area contributed by atoms with Crippen LogP contribution < -0.4 is 16.0 Å². The fraction of sp³-hybridized carbons (Fsp3) is 0.579. The lowest BCUT2D eigenvalue weighted by molar-refractivity contribution is -0.130. The van der Waals surface area contributed by atoms with Crippen LogP contribution in [0.5, 0.6) is 0 Å². The smallest absolute Gasteiger partial charge is 0.246 e. The lowest BCUT2D eigenvalue weighted by Gasteiger charge is -2.37. The molecule has 1 aromatic carbocycles. The number of nitrogens with zero attached hydrogens (tertiary/aromatic N) is 1. The van der Waals surface area contributed by atoms with Gasteiger partial charge in [-0.25, -0.2) is 0 Å². The van der Waals surface area contributed by atoms with Crippen LogP contribution in [0.3, 0.4) is 0 Å². The fourth-order valence-corrected chi connectivity index (χ4v) is 3.96. The van der Waals surface area contributed by atoms with Gasteiger partial charge in [0.2, 0.25) is 11.8 Å². The van der Waals surface area contributed by atoms with Crippen LogP contribution in [0, 0.1) is 5.92 Å². The Labute approximate surface area is 143 Å². The Morgan fingerprint density at radius 1 is 1.29 bits per heavy atom. The first-order chi connectivity index (χ1) is 11.5. The predicted molar refractivity (Wildman–Crippen MR) is 94.7 cm³/mol. The second-order valence-corrected chi connectivity index (χ2v) is 7.30. The van der Waals surface area contributed by atoms with Crippen molar-refractivity contribution in [3.63, 3.8) is 0 Å².